The van der Waals surface area contributed by atoms with Crippen molar-refractivity contribution in [2.24, 2.45) is 0 Å². The highest BCUT2D eigenvalue weighted by atomic mass is 16.5. The van der Waals surface area contributed by atoms with Crippen LogP contribution in [0.2, 0.25) is 0 Å². The highest BCUT2D eigenvalue weighted by molar-refractivity contribution is 5.92. The second kappa shape index (κ2) is 5.32. The lowest BCUT2D eigenvalue weighted by Crippen LogP contribution is -2.08. The quantitative estimate of drug-likeness (QED) is 0.404. The fourth-order valence-corrected chi connectivity index (χ4v) is 1.68. The average Bonchev–Trinajstić information content (AvgIpc) is 2.17. The van der Waals surface area contributed by atoms with Crippen molar-refractivity contribution in [2.75, 3.05) is 6.61 Å². The van der Waals surface area contributed by atoms with E-state index in [9.17, 15) is 4.79 Å². The first-order valence-electron chi connectivity index (χ1n) is 5.21. The van der Waals surface area contributed by atoms with Gasteiger partial charge >= 0.3 is 5.97 Å². The third-order valence-electron chi connectivity index (χ3n) is 2.22. The number of carbonyl (C=O) groups excluding carboxylic acids is 1. The van der Waals surface area contributed by atoms with Gasteiger partial charge in [-0.25, -0.2) is 4.85 Å². The number of rotatable bonds is 2. The number of nitrogens with zero attached hydrogens (tertiary/aromatic N) is 1. The van der Waals surface area contributed by atoms with Crippen LogP contribution < -0.4 is 0 Å². The molecular weight excluding hydrogens is 202 g/mol. The van der Waals surface area contributed by atoms with E-state index in [1.54, 1.807) is 6.92 Å². The number of carbonyl (C=O) groups is 1. The third kappa shape index (κ3) is 2.83. The lowest BCUT2D eigenvalue weighted by molar-refractivity contribution is -0.138. The molecule has 0 saturated carbocycles. The van der Waals surface area contributed by atoms with Crippen molar-refractivity contribution in [1.82, 2.24) is 0 Å². The molecule has 0 saturated heterocycles. The van der Waals surface area contributed by atoms with Gasteiger partial charge < -0.3 is 4.74 Å². The van der Waals surface area contributed by atoms with E-state index in [2.05, 4.69) is 4.85 Å². The number of hydrogen-bond acceptors (Lipinski definition) is 2. The van der Waals surface area contributed by atoms with Crippen LogP contribution in [0.15, 0.2) is 34.6 Å². The summed E-state index contributed by atoms with van der Waals surface area (Å²) in [4.78, 5) is 14.8. The molecule has 0 bridgehead atoms. The molecule has 0 unspecified atom stereocenters. The lowest BCUT2D eigenvalue weighted by Gasteiger charge is -2.12. The minimum Gasteiger partial charge on any atom is -0.471 e. The van der Waals surface area contributed by atoms with Crippen molar-refractivity contribution < 1.29 is 9.53 Å². The van der Waals surface area contributed by atoms with Crippen molar-refractivity contribution in [3.05, 3.63) is 46.0 Å². The standard InChI is InChI=1S/C13H15NO2/c1-5-16-13(15)12(14-4)11-7-9(2)6-10(3)8-11/h7-8H,5-6H2,1-3H3. The number of allylic oxidation sites excluding steroid dienone is 5. The molecule has 0 radical (unpaired) electrons. The van der Waals surface area contributed by atoms with Gasteiger partial charge in [0.2, 0.25) is 0 Å². The molecule has 0 amide bonds. The molecule has 0 heterocycles. The molecule has 1 rings (SSSR count). The van der Waals surface area contributed by atoms with Crippen LogP contribution in [-0.4, -0.2) is 12.6 Å². The summed E-state index contributed by atoms with van der Waals surface area (Å²) < 4.78 is 4.85. The fourth-order valence-electron chi connectivity index (χ4n) is 1.68. The summed E-state index contributed by atoms with van der Waals surface area (Å²) in [5.74, 6) is -0.539. The summed E-state index contributed by atoms with van der Waals surface area (Å²) in [7, 11) is 0. The minimum absolute atomic E-state index is 0.0697. The molecule has 0 aromatic rings. The monoisotopic (exact) mass is 217 g/mol. The Morgan fingerprint density at radius 3 is 2.44 bits per heavy atom. The molecular formula is C13H15NO2. The number of hydrogen-bond donors (Lipinski definition) is 0. The van der Waals surface area contributed by atoms with Gasteiger partial charge in [0, 0.05) is 0 Å². The minimum atomic E-state index is -0.539. The van der Waals surface area contributed by atoms with Crippen LogP contribution >= 0.6 is 0 Å². The highest BCUT2D eigenvalue weighted by Crippen LogP contribution is 2.24. The van der Waals surface area contributed by atoms with Crippen LogP contribution in [0.4, 0.5) is 0 Å². The summed E-state index contributed by atoms with van der Waals surface area (Å²) >= 11 is 0. The van der Waals surface area contributed by atoms with E-state index in [1.807, 2.05) is 26.0 Å². The second-order valence-electron chi connectivity index (χ2n) is 3.79. The fraction of sp³-hybridized carbons (Fsp3) is 0.385. The molecule has 0 aromatic heterocycles. The molecule has 0 aliphatic heterocycles. The molecule has 84 valence electrons. The topological polar surface area (TPSA) is 30.7 Å². The lowest BCUT2D eigenvalue weighted by atomic mass is 9.96. The Bertz CT molecular complexity index is 413. The van der Waals surface area contributed by atoms with Gasteiger partial charge in [0.05, 0.1) is 13.2 Å². The van der Waals surface area contributed by atoms with Crippen LogP contribution in [0.1, 0.15) is 27.2 Å². The maximum atomic E-state index is 11.5. The van der Waals surface area contributed by atoms with Crippen molar-refractivity contribution in [3.8, 4) is 0 Å². The van der Waals surface area contributed by atoms with E-state index in [0.29, 0.717) is 5.57 Å². The highest BCUT2D eigenvalue weighted by Gasteiger charge is 2.16. The van der Waals surface area contributed by atoms with Gasteiger partial charge in [-0.3, -0.25) is 4.79 Å². The summed E-state index contributed by atoms with van der Waals surface area (Å²) in [5, 5.41) is 0. The van der Waals surface area contributed by atoms with Crippen molar-refractivity contribution in [3.63, 3.8) is 0 Å². The van der Waals surface area contributed by atoms with Gasteiger partial charge in [-0.2, -0.15) is 0 Å². The molecule has 0 fully saturated rings. The largest absolute Gasteiger partial charge is 0.471 e. The van der Waals surface area contributed by atoms with Gasteiger partial charge in [-0.15, -0.1) is 0 Å². The Kier molecular flexibility index (Phi) is 4.07. The van der Waals surface area contributed by atoms with Gasteiger partial charge in [0.15, 0.2) is 0 Å². The molecule has 1 aliphatic carbocycles. The zero-order valence-corrected chi connectivity index (χ0v) is 9.83. The molecule has 0 spiro atoms. The Balaban J connectivity index is 3.14. The third-order valence-corrected chi connectivity index (χ3v) is 2.22. The number of esters is 1. The van der Waals surface area contributed by atoms with Crippen molar-refractivity contribution in [2.45, 2.75) is 27.2 Å². The van der Waals surface area contributed by atoms with E-state index in [-0.39, 0.29) is 12.3 Å². The maximum absolute atomic E-state index is 11.5. The van der Waals surface area contributed by atoms with E-state index >= 15 is 0 Å². The maximum Gasteiger partial charge on any atom is 0.336 e. The Hall–Kier alpha value is -1.82. The van der Waals surface area contributed by atoms with Crippen LogP contribution in [0.3, 0.4) is 0 Å². The Labute approximate surface area is 95.9 Å². The number of ether oxygens (including phenoxy) is 1. The zero-order chi connectivity index (χ0) is 12.1. The normalized spacial score (nSPS) is 14.8. The van der Waals surface area contributed by atoms with Crippen molar-refractivity contribution in [1.29, 1.82) is 0 Å². The summed E-state index contributed by atoms with van der Waals surface area (Å²) in [6.45, 7) is 13.0. The van der Waals surface area contributed by atoms with Gasteiger partial charge in [-0.1, -0.05) is 23.3 Å². The van der Waals surface area contributed by atoms with Gasteiger partial charge in [0.1, 0.15) is 0 Å². The summed E-state index contributed by atoms with van der Waals surface area (Å²) in [5.41, 5.74) is 3.04. The van der Waals surface area contributed by atoms with E-state index in [0.717, 1.165) is 17.6 Å². The predicted octanol–water partition coefficient (Wildman–Crippen LogP) is 3.02. The zero-order valence-electron chi connectivity index (χ0n) is 9.83. The smallest absolute Gasteiger partial charge is 0.336 e. The first kappa shape index (κ1) is 12.3. The van der Waals surface area contributed by atoms with E-state index < -0.39 is 5.97 Å². The van der Waals surface area contributed by atoms with Gasteiger partial charge in [0.25, 0.3) is 5.70 Å². The molecule has 3 heteroatoms. The summed E-state index contributed by atoms with van der Waals surface area (Å²) in [6, 6.07) is 0. The van der Waals surface area contributed by atoms with Crippen LogP contribution in [0.25, 0.3) is 4.85 Å². The molecule has 0 atom stereocenters. The first-order chi connectivity index (χ1) is 7.58. The SMILES string of the molecule is [C-]#[N+]C(C(=O)OCC)=C1C=C(C)CC(C)=C1. The van der Waals surface area contributed by atoms with Crippen LogP contribution in [0.5, 0.6) is 0 Å². The molecule has 0 aromatic carbocycles. The molecule has 0 N–H and O–H groups in total. The van der Waals surface area contributed by atoms with Crippen molar-refractivity contribution >= 4 is 5.97 Å². The van der Waals surface area contributed by atoms with Crippen LogP contribution in [-0.2, 0) is 9.53 Å². The Morgan fingerprint density at radius 2 is 2.00 bits per heavy atom. The summed E-state index contributed by atoms with van der Waals surface area (Å²) in [6.07, 6.45) is 4.65. The molecule has 3 nitrogen and oxygen atoms in total. The Morgan fingerprint density at radius 1 is 1.44 bits per heavy atom. The first-order valence-corrected chi connectivity index (χ1v) is 5.21. The predicted molar refractivity (Wildman–Crippen MR) is 62.4 cm³/mol. The van der Waals surface area contributed by atoms with Gasteiger partial charge in [-0.05, 0) is 32.8 Å². The van der Waals surface area contributed by atoms with E-state index in [4.69, 9.17) is 11.3 Å². The molecule has 16 heavy (non-hydrogen) atoms. The average molecular weight is 217 g/mol. The van der Waals surface area contributed by atoms with E-state index in [1.165, 1.54) is 0 Å². The van der Waals surface area contributed by atoms with Crippen LogP contribution in [0, 0.1) is 6.57 Å². The molecule has 1 aliphatic rings. The second-order valence-corrected chi connectivity index (χ2v) is 3.79.